The highest BCUT2D eigenvalue weighted by molar-refractivity contribution is 5.99. The molecular weight excluding hydrogens is 947 g/mol. The molecule has 0 spiro atoms. The molecule has 75 heavy (non-hydrogen) atoms. The Labute approximate surface area is 437 Å². The summed E-state index contributed by atoms with van der Waals surface area (Å²) in [4.78, 5) is 11.2. The van der Waals surface area contributed by atoms with Crippen LogP contribution in [0.5, 0.6) is 23.0 Å². The average molecular weight is 1020 g/mol. The first-order chi connectivity index (χ1) is 36.1. The van der Waals surface area contributed by atoms with E-state index in [0.717, 1.165) is 94.8 Å². The number of benzene rings is 6. The lowest BCUT2D eigenvalue weighted by molar-refractivity contribution is 0.279. The first kappa shape index (κ1) is 56.4. The van der Waals surface area contributed by atoms with E-state index in [-0.39, 0.29) is 35.3 Å². The number of unbranched alkanes of at least 4 members (excludes halogenated alkanes) is 4. The summed E-state index contributed by atoms with van der Waals surface area (Å²) in [5.74, 6) is 3.78. The predicted molar refractivity (Wildman–Crippen MR) is 303 cm³/mol. The Morgan fingerprint density at radius 2 is 0.760 bits per heavy atom. The Balaban J connectivity index is 0.000000210. The third-order valence-electron chi connectivity index (χ3n) is 10.9. The van der Waals surface area contributed by atoms with Crippen LogP contribution in [0.2, 0.25) is 0 Å². The number of rotatable bonds is 25. The molecule has 0 radical (unpaired) electrons. The zero-order valence-electron chi connectivity index (χ0n) is 42.0. The van der Waals surface area contributed by atoms with Gasteiger partial charge in [0.05, 0.1) is 49.5 Å². The third kappa shape index (κ3) is 21.0. The van der Waals surface area contributed by atoms with Crippen molar-refractivity contribution in [2.24, 2.45) is 55.9 Å². The molecule has 392 valence electrons. The van der Waals surface area contributed by atoms with Crippen LogP contribution in [0.15, 0.2) is 156 Å². The van der Waals surface area contributed by atoms with Gasteiger partial charge in [-0.3, -0.25) is 21.6 Å². The van der Waals surface area contributed by atoms with Crippen molar-refractivity contribution in [3.05, 3.63) is 168 Å². The van der Waals surface area contributed by atoms with Crippen LogP contribution in [0.3, 0.4) is 0 Å². The van der Waals surface area contributed by atoms with Crippen LogP contribution in [-0.2, 0) is 12.8 Å². The van der Waals surface area contributed by atoms with Crippen molar-refractivity contribution in [1.82, 2.24) is 4.98 Å². The SMILES string of the molecule is N=C(N)Cc1ccc(OCCCCCOc2ccc(CC(=N)N)cc2)cc1.N=C(N)c1ccc(-c2cc3ccc(C(=N)N)cc3[nH]2)cc1.NC(N)=Nc1ccc(OCCCCCOc2ccc(N=C(N)N)cc2)cc1. The van der Waals surface area contributed by atoms with Crippen LogP contribution in [-0.4, -0.2) is 66.7 Å². The summed E-state index contributed by atoms with van der Waals surface area (Å²) in [6, 6.07) is 45.2. The molecule has 0 saturated carbocycles. The molecule has 0 bridgehead atoms. The van der Waals surface area contributed by atoms with Gasteiger partial charge in [-0.15, -0.1) is 0 Å². The molecule has 0 fully saturated rings. The summed E-state index contributed by atoms with van der Waals surface area (Å²) < 4.78 is 22.8. The van der Waals surface area contributed by atoms with Gasteiger partial charge in [-0.1, -0.05) is 60.7 Å². The molecule has 1 aromatic heterocycles. The maximum atomic E-state index is 7.48. The molecule has 19 heteroatoms. The van der Waals surface area contributed by atoms with E-state index in [2.05, 4.69) is 15.0 Å². The van der Waals surface area contributed by atoms with Crippen LogP contribution in [0, 0.1) is 21.6 Å². The smallest absolute Gasteiger partial charge is 0.191 e. The van der Waals surface area contributed by atoms with Gasteiger partial charge in [0.1, 0.15) is 34.7 Å². The van der Waals surface area contributed by atoms with Crippen molar-refractivity contribution in [2.45, 2.75) is 51.4 Å². The average Bonchev–Trinajstić information content (AvgIpc) is 3.82. The summed E-state index contributed by atoms with van der Waals surface area (Å²) in [5, 5.41) is 30.5. The van der Waals surface area contributed by atoms with Crippen LogP contribution in [0.4, 0.5) is 11.4 Å². The first-order valence-corrected chi connectivity index (χ1v) is 24.3. The van der Waals surface area contributed by atoms with Crippen LogP contribution in [0.25, 0.3) is 22.2 Å². The van der Waals surface area contributed by atoms with E-state index in [9.17, 15) is 0 Å². The highest BCUT2D eigenvalue weighted by Crippen LogP contribution is 2.26. The van der Waals surface area contributed by atoms with Crippen LogP contribution >= 0.6 is 0 Å². The van der Waals surface area contributed by atoms with Gasteiger partial charge >= 0.3 is 0 Å². The van der Waals surface area contributed by atoms with Crippen molar-refractivity contribution in [2.75, 3.05) is 26.4 Å². The minimum Gasteiger partial charge on any atom is -0.494 e. The number of nitrogens with zero attached hydrogens (tertiary/aromatic N) is 2. The lowest BCUT2D eigenvalue weighted by Crippen LogP contribution is -2.21. The number of hydrogen-bond donors (Lipinski definition) is 13. The Hall–Kier alpha value is -9.52. The lowest BCUT2D eigenvalue weighted by atomic mass is 10.1. The molecule has 7 rings (SSSR count). The number of ether oxygens (including phenoxy) is 4. The molecular formula is C56H69N15O4. The van der Waals surface area contributed by atoms with Crippen molar-refractivity contribution in [1.29, 1.82) is 21.6 Å². The molecule has 19 nitrogen and oxygen atoms in total. The van der Waals surface area contributed by atoms with E-state index >= 15 is 0 Å². The highest BCUT2D eigenvalue weighted by Gasteiger charge is 2.07. The number of hydrogen-bond acceptors (Lipinski definition) is 10. The minimum atomic E-state index is 0.0376. The Bertz CT molecular complexity index is 2840. The Kier molecular flexibility index (Phi) is 22.4. The monoisotopic (exact) mass is 1020 g/mol. The molecule has 0 atom stereocenters. The number of aromatic amines is 1. The van der Waals surface area contributed by atoms with E-state index in [0.29, 0.717) is 61.8 Å². The van der Waals surface area contributed by atoms with E-state index in [1.807, 2.05) is 121 Å². The quantitative estimate of drug-likeness (QED) is 0.0148. The zero-order chi connectivity index (χ0) is 54.0. The number of nitrogens with two attached hydrogens (primary N) is 8. The summed E-state index contributed by atoms with van der Waals surface area (Å²) in [6.07, 6.45) is 6.82. The molecule has 0 aliphatic heterocycles. The van der Waals surface area contributed by atoms with Gasteiger partial charge in [-0.25, -0.2) is 9.98 Å². The third-order valence-corrected chi connectivity index (χ3v) is 10.9. The lowest BCUT2D eigenvalue weighted by Gasteiger charge is -2.09. The molecule has 6 aromatic carbocycles. The van der Waals surface area contributed by atoms with Gasteiger partial charge in [-0.05, 0) is 140 Å². The number of nitrogen functional groups attached to an aromatic ring is 2. The Morgan fingerprint density at radius 3 is 1.11 bits per heavy atom. The number of guanidine groups is 2. The fourth-order valence-electron chi connectivity index (χ4n) is 7.18. The summed E-state index contributed by atoms with van der Waals surface area (Å²) in [5.41, 5.74) is 50.8. The highest BCUT2D eigenvalue weighted by atomic mass is 16.5. The van der Waals surface area contributed by atoms with Gasteiger partial charge in [0, 0.05) is 40.6 Å². The van der Waals surface area contributed by atoms with E-state index in [4.69, 9.17) is 86.5 Å². The second-order valence-electron chi connectivity index (χ2n) is 17.2. The van der Waals surface area contributed by atoms with Gasteiger partial charge in [0.25, 0.3) is 0 Å². The van der Waals surface area contributed by atoms with Crippen molar-refractivity contribution in [3.8, 4) is 34.3 Å². The number of H-pyrrole nitrogens is 1. The molecule has 0 saturated heterocycles. The molecule has 1 heterocycles. The number of amidine groups is 4. The van der Waals surface area contributed by atoms with Gasteiger partial charge in [0.15, 0.2) is 11.9 Å². The Morgan fingerprint density at radius 1 is 0.400 bits per heavy atom. The van der Waals surface area contributed by atoms with E-state index in [1.54, 1.807) is 24.3 Å². The van der Waals surface area contributed by atoms with Gasteiger partial charge in [0.2, 0.25) is 0 Å². The second kappa shape index (κ2) is 29.7. The number of nitrogens with one attached hydrogen (secondary N) is 5. The first-order valence-electron chi connectivity index (χ1n) is 24.3. The van der Waals surface area contributed by atoms with Crippen molar-refractivity contribution < 1.29 is 18.9 Å². The normalized spacial score (nSPS) is 10.3. The van der Waals surface area contributed by atoms with Crippen molar-refractivity contribution >= 4 is 57.5 Å². The van der Waals surface area contributed by atoms with Gasteiger partial charge in [-0.2, -0.15) is 0 Å². The van der Waals surface area contributed by atoms with E-state index < -0.39 is 0 Å². The van der Waals surface area contributed by atoms with E-state index in [1.165, 1.54) is 0 Å². The second-order valence-corrected chi connectivity index (χ2v) is 17.2. The number of aromatic nitrogens is 1. The molecule has 0 aliphatic rings. The fraction of sp³-hybridized carbons (Fsp3) is 0.214. The standard InChI is InChI=1S/C21H28N4O2.C19H26N6O2.C16H15N5/c22-20(23)14-16-4-8-18(9-5-16)26-12-2-1-3-13-27-19-10-6-17(7-11-19)15-21(24)25;20-18(21)24-14-4-8-16(9-5-14)26-12-2-1-3-13-27-17-10-6-15(7-11-17)25-19(22)23;17-15(18)10-3-1-9(2-4-10)13-7-11-5-6-12(16(19)20)8-14(11)21-13/h4-11H,1-3,12-15H2,(H3,22,23)(H3,24,25);4-11H,1-3,12-13H2,(H4,20,21,24)(H4,22,23,25);1-8,21H,(H3,17,18)(H3,19,20). The molecule has 0 amide bonds. The summed E-state index contributed by atoms with van der Waals surface area (Å²) >= 11 is 0. The summed E-state index contributed by atoms with van der Waals surface area (Å²) in [7, 11) is 0. The molecule has 7 aromatic rings. The molecule has 21 N–H and O–H groups in total. The van der Waals surface area contributed by atoms with Crippen LogP contribution < -0.4 is 64.8 Å². The maximum absolute atomic E-state index is 7.48. The summed E-state index contributed by atoms with van der Waals surface area (Å²) in [6.45, 7) is 2.64. The largest absolute Gasteiger partial charge is 0.494 e. The molecule has 0 aliphatic carbocycles. The number of fused-ring (bicyclic) bond motifs is 1. The predicted octanol–water partition coefficient (Wildman–Crippen LogP) is 7.80. The topological polar surface area (TPSA) is 381 Å². The minimum absolute atomic E-state index is 0.0376. The van der Waals surface area contributed by atoms with Crippen molar-refractivity contribution in [3.63, 3.8) is 0 Å². The van der Waals surface area contributed by atoms with Crippen LogP contribution in [0.1, 0.15) is 60.8 Å². The van der Waals surface area contributed by atoms with Gasteiger partial charge < -0.3 is 69.8 Å². The fourth-order valence-corrected chi connectivity index (χ4v) is 7.18. The zero-order valence-corrected chi connectivity index (χ0v) is 42.0. The molecule has 0 unspecified atom stereocenters. The number of aliphatic imine (C=N–C) groups is 2. The maximum Gasteiger partial charge on any atom is 0.191 e.